The number of hydrogen-bond donors (Lipinski definition) is 1. The maximum absolute atomic E-state index is 12.9. The molecule has 0 heterocycles. The van der Waals surface area contributed by atoms with Crippen LogP contribution in [0, 0.1) is 18.3 Å². The molecule has 1 fully saturated rings. The first-order chi connectivity index (χ1) is 12.8. The van der Waals surface area contributed by atoms with Gasteiger partial charge < -0.3 is 10.2 Å². The van der Waals surface area contributed by atoms with Gasteiger partial charge in [-0.25, -0.2) is 0 Å². The van der Waals surface area contributed by atoms with Crippen molar-refractivity contribution in [1.82, 2.24) is 9.80 Å². The number of carbonyl (C=O) groups excluding carboxylic acids is 2. The van der Waals surface area contributed by atoms with Gasteiger partial charge in [0.15, 0.2) is 0 Å². The fraction of sp³-hybridized carbons (Fsp3) is 0.571. The maximum Gasteiger partial charge on any atom is 0.240 e. The van der Waals surface area contributed by atoms with E-state index in [2.05, 4.69) is 11.4 Å². The van der Waals surface area contributed by atoms with Gasteiger partial charge in [0.05, 0.1) is 18.7 Å². The molecule has 2 rings (SSSR count). The van der Waals surface area contributed by atoms with Crippen molar-refractivity contribution in [3.8, 4) is 6.07 Å². The Morgan fingerprint density at radius 3 is 2.33 bits per heavy atom. The topological polar surface area (TPSA) is 76.4 Å². The summed E-state index contributed by atoms with van der Waals surface area (Å²) in [5.74, 6) is -0.291. The van der Waals surface area contributed by atoms with E-state index in [0.717, 1.165) is 43.4 Å². The molecule has 0 aromatic heterocycles. The van der Waals surface area contributed by atoms with Crippen LogP contribution in [0.5, 0.6) is 0 Å². The van der Waals surface area contributed by atoms with Gasteiger partial charge in [-0.1, -0.05) is 37.0 Å². The number of nitrogens with zero attached hydrogens (tertiary/aromatic N) is 3. The lowest BCUT2D eigenvalue weighted by atomic mass is 9.81. The minimum atomic E-state index is -0.714. The highest BCUT2D eigenvalue weighted by molar-refractivity contribution is 5.92. The highest BCUT2D eigenvalue weighted by atomic mass is 16.2. The molecule has 1 atom stereocenters. The second-order valence-corrected chi connectivity index (χ2v) is 7.61. The van der Waals surface area contributed by atoms with Crippen molar-refractivity contribution >= 4 is 17.5 Å². The van der Waals surface area contributed by atoms with Gasteiger partial charge in [-0.15, -0.1) is 0 Å². The zero-order valence-corrected chi connectivity index (χ0v) is 16.8. The van der Waals surface area contributed by atoms with Crippen LogP contribution in [-0.4, -0.2) is 53.8 Å². The number of nitrogens with one attached hydrogen (secondary N) is 1. The Morgan fingerprint density at radius 2 is 1.78 bits per heavy atom. The lowest BCUT2D eigenvalue weighted by Gasteiger charge is -2.41. The molecular weight excluding hydrogens is 340 g/mol. The number of anilines is 1. The minimum Gasteiger partial charge on any atom is -0.326 e. The minimum absolute atomic E-state index is 0.105. The fourth-order valence-electron chi connectivity index (χ4n) is 3.54. The normalized spacial score (nSPS) is 17.0. The number of rotatable bonds is 6. The molecule has 0 bridgehead atoms. The van der Waals surface area contributed by atoms with E-state index >= 15 is 0 Å². The molecule has 1 aromatic rings. The molecular formula is C21H30N4O2. The molecule has 2 amide bonds. The Hall–Kier alpha value is -2.39. The van der Waals surface area contributed by atoms with Crippen molar-refractivity contribution in [2.24, 2.45) is 0 Å². The fourth-order valence-corrected chi connectivity index (χ4v) is 3.54. The Balaban J connectivity index is 1.95. The van der Waals surface area contributed by atoms with Crippen LogP contribution in [0.25, 0.3) is 0 Å². The summed E-state index contributed by atoms with van der Waals surface area (Å²) in [5.41, 5.74) is 1.15. The predicted molar refractivity (Wildman–Crippen MR) is 106 cm³/mol. The van der Waals surface area contributed by atoms with Crippen LogP contribution in [0.3, 0.4) is 0 Å². The quantitative estimate of drug-likeness (QED) is 0.835. The molecule has 0 radical (unpaired) electrons. The van der Waals surface area contributed by atoms with Gasteiger partial charge in [-0.3, -0.25) is 14.5 Å². The maximum atomic E-state index is 12.9. The molecule has 1 aromatic carbocycles. The third kappa shape index (κ3) is 5.08. The third-order valence-electron chi connectivity index (χ3n) is 5.61. The lowest BCUT2D eigenvalue weighted by Crippen LogP contribution is -2.55. The van der Waals surface area contributed by atoms with E-state index in [-0.39, 0.29) is 18.4 Å². The smallest absolute Gasteiger partial charge is 0.240 e. The first-order valence-electron chi connectivity index (χ1n) is 9.55. The Bertz CT molecular complexity index is 702. The van der Waals surface area contributed by atoms with Crippen molar-refractivity contribution < 1.29 is 9.59 Å². The summed E-state index contributed by atoms with van der Waals surface area (Å²) in [7, 11) is 3.47. The average Bonchev–Trinajstić information content (AvgIpc) is 2.68. The monoisotopic (exact) mass is 370 g/mol. The number of benzene rings is 1. The van der Waals surface area contributed by atoms with Gasteiger partial charge in [0.1, 0.15) is 5.54 Å². The van der Waals surface area contributed by atoms with E-state index in [1.807, 2.05) is 31.2 Å². The van der Waals surface area contributed by atoms with E-state index in [1.54, 1.807) is 30.8 Å². The van der Waals surface area contributed by atoms with Crippen LogP contribution in [-0.2, 0) is 9.59 Å². The van der Waals surface area contributed by atoms with Crippen molar-refractivity contribution in [3.05, 3.63) is 29.8 Å². The van der Waals surface area contributed by atoms with Crippen LogP contribution < -0.4 is 5.32 Å². The summed E-state index contributed by atoms with van der Waals surface area (Å²) in [6.45, 7) is 3.88. The number of aryl methyl sites for hydroxylation is 1. The number of nitriles is 1. The molecule has 146 valence electrons. The Morgan fingerprint density at radius 1 is 1.19 bits per heavy atom. The third-order valence-corrected chi connectivity index (χ3v) is 5.61. The van der Waals surface area contributed by atoms with Crippen molar-refractivity contribution in [3.63, 3.8) is 0 Å². The molecule has 1 aliphatic rings. The molecule has 6 heteroatoms. The van der Waals surface area contributed by atoms with Gasteiger partial charge in [-0.2, -0.15) is 5.26 Å². The van der Waals surface area contributed by atoms with Gasteiger partial charge in [0, 0.05) is 12.7 Å². The first-order valence-corrected chi connectivity index (χ1v) is 9.55. The van der Waals surface area contributed by atoms with Gasteiger partial charge in [-0.05, 0) is 45.9 Å². The van der Waals surface area contributed by atoms with Gasteiger partial charge in [0.2, 0.25) is 11.8 Å². The van der Waals surface area contributed by atoms with E-state index in [1.165, 1.54) is 0 Å². The standard InChI is InChI=1S/C21H30N4O2/c1-16-8-10-18(11-9-16)23-19(26)14-24(3)17(2)20(27)25(4)21(15-22)12-6-5-7-13-21/h8-11,17H,5-7,12-14H2,1-4H3,(H,23,26)/t17-/m1/s1. The summed E-state index contributed by atoms with van der Waals surface area (Å²) in [6.07, 6.45) is 4.48. The van der Waals surface area contributed by atoms with Crippen molar-refractivity contribution in [1.29, 1.82) is 5.26 Å². The highest BCUT2D eigenvalue weighted by Gasteiger charge is 2.40. The zero-order valence-electron chi connectivity index (χ0n) is 16.8. The summed E-state index contributed by atoms with van der Waals surface area (Å²) in [4.78, 5) is 28.5. The molecule has 27 heavy (non-hydrogen) atoms. The first kappa shape index (κ1) is 20.9. The van der Waals surface area contributed by atoms with Crippen LogP contribution in [0.2, 0.25) is 0 Å². The van der Waals surface area contributed by atoms with E-state index in [0.29, 0.717) is 0 Å². The summed E-state index contributed by atoms with van der Waals surface area (Å²) in [5, 5.41) is 12.5. The van der Waals surface area contributed by atoms with Gasteiger partial charge in [0.25, 0.3) is 0 Å². The van der Waals surface area contributed by atoms with Crippen molar-refractivity contribution in [2.75, 3.05) is 26.0 Å². The molecule has 6 nitrogen and oxygen atoms in total. The molecule has 0 spiro atoms. The summed E-state index contributed by atoms with van der Waals surface area (Å²) in [6, 6.07) is 9.48. The van der Waals surface area contributed by atoms with Crippen LogP contribution >= 0.6 is 0 Å². The number of hydrogen-bond acceptors (Lipinski definition) is 4. The number of carbonyl (C=O) groups is 2. The lowest BCUT2D eigenvalue weighted by molar-refractivity contribution is -0.140. The zero-order chi connectivity index (χ0) is 20.0. The molecule has 0 saturated heterocycles. The van der Waals surface area contributed by atoms with Crippen LogP contribution in [0.1, 0.15) is 44.6 Å². The largest absolute Gasteiger partial charge is 0.326 e. The summed E-state index contributed by atoms with van der Waals surface area (Å²) < 4.78 is 0. The second-order valence-electron chi connectivity index (χ2n) is 7.61. The second kappa shape index (κ2) is 9.01. The highest BCUT2D eigenvalue weighted by Crippen LogP contribution is 2.33. The molecule has 0 unspecified atom stereocenters. The molecule has 1 N–H and O–H groups in total. The summed E-state index contributed by atoms with van der Waals surface area (Å²) >= 11 is 0. The Kier molecular flexibility index (Phi) is 6.98. The van der Waals surface area contributed by atoms with Crippen molar-refractivity contribution in [2.45, 2.75) is 57.5 Å². The molecule has 1 saturated carbocycles. The SMILES string of the molecule is Cc1ccc(NC(=O)CN(C)[C@H](C)C(=O)N(C)C2(C#N)CCCCC2)cc1. The molecule has 1 aliphatic carbocycles. The Labute approximate surface area is 162 Å². The predicted octanol–water partition coefficient (Wildman–Crippen LogP) is 2.94. The van der Waals surface area contributed by atoms with E-state index in [4.69, 9.17) is 0 Å². The molecule has 0 aliphatic heterocycles. The van der Waals surface area contributed by atoms with E-state index < -0.39 is 11.6 Å². The van der Waals surface area contributed by atoms with E-state index in [9.17, 15) is 14.9 Å². The number of likely N-dealkylation sites (N-methyl/N-ethyl adjacent to an activating group) is 2. The van der Waals surface area contributed by atoms with Crippen LogP contribution in [0.4, 0.5) is 5.69 Å². The van der Waals surface area contributed by atoms with Gasteiger partial charge >= 0.3 is 0 Å². The average molecular weight is 370 g/mol. The number of amides is 2. The van der Waals surface area contributed by atoms with Crippen LogP contribution in [0.15, 0.2) is 24.3 Å².